The van der Waals surface area contributed by atoms with Crippen LogP contribution in [-0.2, 0) is 0 Å². The highest BCUT2D eigenvalue weighted by atomic mass is 16.5. The highest BCUT2D eigenvalue weighted by molar-refractivity contribution is 6.03. The van der Waals surface area contributed by atoms with Gasteiger partial charge in [0.05, 0.1) is 0 Å². The molecule has 2 aromatic carbocycles. The van der Waals surface area contributed by atoms with E-state index in [2.05, 4.69) is 92.6 Å². The van der Waals surface area contributed by atoms with Crippen molar-refractivity contribution in [3.05, 3.63) is 94.9 Å². The predicted molar refractivity (Wildman–Crippen MR) is 187 cm³/mol. The Kier molecular flexibility index (Phi) is 11.5. The van der Waals surface area contributed by atoms with E-state index < -0.39 is 0 Å². The van der Waals surface area contributed by atoms with Crippen molar-refractivity contribution in [3.63, 3.8) is 0 Å². The van der Waals surface area contributed by atoms with Crippen LogP contribution < -0.4 is 20.5 Å². The molecule has 0 radical (unpaired) electrons. The van der Waals surface area contributed by atoms with E-state index in [1.54, 1.807) is 24.4 Å². The molecule has 2 N–H and O–H groups in total. The van der Waals surface area contributed by atoms with Crippen LogP contribution in [-0.4, -0.2) is 53.7 Å². The Labute approximate surface area is 267 Å². The van der Waals surface area contributed by atoms with Gasteiger partial charge in [0.25, 0.3) is 5.56 Å². The zero-order valence-electron chi connectivity index (χ0n) is 27.5. The maximum Gasteiger partial charge on any atom is 0.326 e. The quantitative estimate of drug-likeness (QED) is 0.141. The minimum Gasteiger partial charge on any atom is -0.492 e. The third-order valence-corrected chi connectivity index (χ3v) is 8.10. The summed E-state index contributed by atoms with van der Waals surface area (Å²) in [7, 11) is 0. The fourth-order valence-corrected chi connectivity index (χ4v) is 5.46. The number of rotatable bonds is 14. The number of hydrogen-bond acceptors (Lipinski definition) is 5. The van der Waals surface area contributed by atoms with Crippen molar-refractivity contribution in [3.8, 4) is 16.9 Å². The molecule has 45 heavy (non-hydrogen) atoms. The number of amides is 2. The van der Waals surface area contributed by atoms with Gasteiger partial charge in [-0.25, -0.2) is 9.78 Å². The van der Waals surface area contributed by atoms with Gasteiger partial charge in [-0.15, -0.1) is 6.58 Å². The van der Waals surface area contributed by atoms with Crippen LogP contribution in [0, 0.1) is 0 Å². The predicted octanol–water partition coefficient (Wildman–Crippen LogP) is 8.17. The van der Waals surface area contributed by atoms with Crippen LogP contribution in [0.15, 0.2) is 78.2 Å². The van der Waals surface area contributed by atoms with Crippen LogP contribution in [0.5, 0.6) is 5.75 Å². The monoisotopic (exact) mass is 609 g/mol. The van der Waals surface area contributed by atoms with E-state index in [9.17, 15) is 9.59 Å². The Morgan fingerprint density at radius 1 is 0.978 bits per heavy atom. The van der Waals surface area contributed by atoms with E-state index in [0.29, 0.717) is 25.2 Å². The molecule has 2 aromatic heterocycles. The zero-order chi connectivity index (χ0) is 32.5. The fourth-order valence-electron chi connectivity index (χ4n) is 5.46. The van der Waals surface area contributed by atoms with Gasteiger partial charge in [0, 0.05) is 30.4 Å². The topological polar surface area (TPSA) is 90.6 Å². The van der Waals surface area contributed by atoms with E-state index in [0.717, 1.165) is 58.7 Å². The molecule has 238 valence electrons. The molecule has 2 heterocycles. The number of hydrogen-bond donors (Lipinski definition) is 2. The van der Waals surface area contributed by atoms with E-state index in [4.69, 9.17) is 4.74 Å². The molecule has 0 spiro atoms. The summed E-state index contributed by atoms with van der Waals surface area (Å²) in [5.74, 6) is 1.09. The molecule has 2 amide bonds. The van der Waals surface area contributed by atoms with Gasteiger partial charge < -0.3 is 19.9 Å². The highest BCUT2D eigenvalue weighted by Crippen LogP contribution is 2.38. The normalized spacial score (nSPS) is 11.4. The lowest BCUT2D eigenvalue weighted by Gasteiger charge is -2.26. The molecule has 8 heteroatoms. The van der Waals surface area contributed by atoms with Gasteiger partial charge >= 0.3 is 6.03 Å². The number of nitrogens with zero attached hydrogens (tertiary/aromatic N) is 3. The summed E-state index contributed by atoms with van der Waals surface area (Å²) in [5, 5.41) is 3.97. The van der Waals surface area contributed by atoms with Crippen LogP contribution in [0.4, 0.5) is 16.2 Å². The number of pyridine rings is 2. The lowest BCUT2D eigenvalue weighted by atomic mass is 9.88. The molecular weight excluding hydrogens is 562 g/mol. The first-order chi connectivity index (χ1) is 21.7. The molecule has 0 saturated heterocycles. The van der Waals surface area contributed by atoms with Crippen LogP contribution in [0.3, 0.4) is 0 Å². The summed E-state index contributed by atoms with van der Waals surface area (Å²) in [6.45, 7) is 20.5. The number of fused-ring (bicyclic) bond motifs is 1. The number of H-pyrrole nitrogens is 1. The Morgan fingerprint density at radius 2 is 1.69 bits per heavy atom. The number of nitrogens with one attached hydrogen (secondary N) is 2. The lowest BCUT2D eigenvalue weighted by Crippen LogP contribution is -2.39. The minimum absolute atomic E-state index is 0.128. The van der Waals surface area contributed by atoms with Gasteiger partial charge in [0.1, 0.15) is 23.7 Å². The zero-order valence-corrected chi connectivity index (χ0v) is 27.5. The highest BCUT2D eigenvalue weighted by Gasteiger charge is 2.24. The van der Waals surface area contributed by atoms with Crippen LogP contribution >= 0.6 is 0 Å². The largest absolute Gasteiger partial charge is 0.492 e. The Bertz CT molecular complexity index is 1640. The smallest absolute Gasteiger partial charge is 0.326 e. The number of urea groups is 1. The maximum absolute atomic E-state index is 14.0. The summed E-state index contributed by atoms with van der Waals surface area (Å²) in [6.07, 6.45) is 3.89. The number of carbonyl (C=O) groups excluding carboxylic acids is 1. The molecule has 0 saturated carbocycles. The van der Waals surface area contributed by atoms with Crippen molar-refractivity contribution >= 4 is 28.4 Å². The molecule has 0 aliphatic heterocycles. The van der Waals surface area contributed by atoms with Crippen LogP contribution in [0.25, 0.3) is 22.2 Å². The van der Waals surface area contributed by atoms with Crippen molar-refractivity contribution in [2.45, 2.75) is 59.8 Å². The number of benzene rings is 2. The molecule has 4 aromatic rings. The number of ether oxygens (including phenoxy) is 1. The Morgan fingerprint density at radius 3 is 2.33 bits per heavy atom. The molecular formula is C37H47N5O3. The molecule has 8 nitrogen and oxygen atoms in total. The van der Waals surface area contributed by atoms with Crippen LogP contribution in [0.2, 0.25) is 0 Å². The number of carbonyl (C=O) groups is 1. The molecule has 0 aliphatic rings. The number of anilines is 2. The molecule has 4 rings (SSSR count). The lowest BCUT2D eigenvalue weighted by molar-refractivity contribution is 0.223. The molecule has 0 unspecified atom stereocenters. The fraction of sp³-hybridized carbons (Fsp3) is 0.378. The number of aromatic amines is 1. The number of aromatic nitrogens is 2. The summed E-state index contributed by atoms with van der Waals surface area (Å²) >= 11 is 0. The second-order valence-corrected chi connectivity index (χ2v) is 11.8. The summed E-state index contributed by atoms with van der Waals surface area (Å²) in [6, 6.07) is 17.5. The van der Waals surface area contributed by atoms with E-state index in [1.807, 2.05) is 18.2 Å². The van der Waals surface area contributed by atoms with Crippen molar-refractivity contribution in [2.75, 3.05) is 43.0 Å². The van der Waals surface area contributed by atoms with Crippen LogP contribution in [0.1, 0.15) is 70.9 Å². The average Bonchev–Trinajstić information content (AvgIpc) is 3.03. The standard InChI is InChI=1S/C37H47N5O3/c1-8-11-18-42(33-24-28-15-13-17-38-35(28)40-36(33)43)37(44)39-34-31(25(4)5)22-29(23-32(34)26(6)7)27-14-12-16-30(21-27)45-20-19-41(9-2)10-3/h8,12-17,21-26H,1,9-11,18-20H2,2-7H3,(H,39,44)(H,38,40,43). The van der Waals surface area contributed by atoms with E-state index in [1.165, 1.54) is 4.90 Å². The molecule has 0 bridgehead atoms. The minimum atomic E-state index is -0.372. The van der Waals surface area contributed by atoms with Gasteiger partial charge in [-0.05, 0) is 96.1 Å². The van der Waals surface area contributed by atoms with Gasteiger partial charge in [-0.2, -0.15) is 0 Å². The Balaban J connectivity index is 1.70. The third kappa shape index (κ3) is 8.19. The second kappa shape index (κ2) is 15.5. The van der Waals surface area contributed by atoms with Gasteiger partial charge in [0.2, 0.25) is 0 Å². The first-order valence-electron chi connectivity index (χ1n) is 16.0. The van der Waals surface area contributed by atoms with Crippen molar-refractivity contribution < 1.29 is 9.53 Å². The van der Waals surface area contributed by atoms with Gasteiger partial charge in [-0.1, -0.05) is 59.8 Å². The number of likely N-dealkylation sites (N-methyl/N-ethyl adjacent to an activating group) is 1. The summed E-state index contributed by atoms with van der Waals surface area (Å²) in [5.41, 5.74) is 5.33. The Hall–Kier alpha value is -4.43. The molecule has 0 fully saturated rings. The summed E-state index contributed by atoms with van der Waals surface area (Å²) in [4.78, 5) is 38.1. The third-order valence-electron chi connectivity index (χ3n) is 8.10. The van der Waals surface area contributed by atoms with Crippen molar-refractivity contribution in [1.29, 1.82) is 0 Å². The SMILES string of the molecule is C=CCCN(C(=O)Nc1c(C(C)C)cc(-c2cccc(OCCN(CC)CC)c2)cc1C(C)C)c1cc2cccnc2[nH]c1=O. The second-order valence-electron chi connectivity index (χ2n) is 11.8. The average molecular weight is 610 g/mol. The molecule has 0 atom stereocenters. The van der Waals surface area contributed by atoms with Gasteiger partial charge in [0.15, 0.2) is 0 Å². The van der Waals surface area contributed by atoms with Gasteiger partial charge in [-0.3, -0.25) is 9.69 Å². The summed E-state index contributed by atoms with van der Waals surface area (Å²) < 4.78 is 6.13. The van der Waals surface area contributed by atoms with E-state index >= 15 is 0 Å². The molecule has 0 aliphatic carbocycles. The maximum atomic E-state index is 14.0. The first kappa shape index (κ1) is 33.5. The van der Waals surface area contributed by atoms with E-state index in [-0.39, 0.29) is 29.1 Å². The van der Waals surface area contributed by atoms with Crippen molar-refractivity contribution in [2.24, 2.45) is 0 Å². The first-order valence-corrected chi connectivity index (χ1v) is 16.0. The van der Waals surface area contributed by atoms with Crippen molar-refractivity contribution in [1.82, 2.24) is 14.9 Å².